The van der Waals surface area contributed by atoms with Crippen LogP contribution in [0, 0.1) is 13.8 Å². The van der Waals surface area contributed by atoms with Crippen LogP contribution in [0.5, 0.6) is 0 Å². The van der Waals surface area contributed by atoms with Crippen molar-refractivity contribution in [1.29, 1.82) is 0 Å². The Morgan fingerprint density at radius 2 is 2.09 bits per heavy atom. The highest BCUT2D eigenvalue weighted by atomic mass is 32.2. The van der Waals surface area contributed by atoms with Crippen LogP contribution in [0.2, 0.25) is 0 Å². The zero-order valence-electron chi connectivity index (χ0n) is 12.8. The summed E-state index contributed by atoms with van der Waals surface area (Å²) in [6.07, 6.45) is 0.982. The molecule has 0 saturated heterocycles. The van der Waals surface area contributed by atoms with E-state index in [9.17, 15) is 0 Å². The number of hydrogen-bond donors (Lipinski definition) is 0. The number of aryl methyl sites for hydroxylation is 3. The van der Waals surface area contributed by atoms with Gasteiger partial charge in [-0.05, 0) is 54.0 Å². The fraction of sp³-hybridized carbons (Fsp3) is 0.333. The lowest BCUT2D eigenvalue weighted by atomic mass is 10.1. The Balaban J connectivity index is 1.78. The van der Waals surface area contributed by atoms with Gasteiger partial charge in [0, 0.05) is 11.1 Å². The van der Waals surface area contributed by atoms with Crippen LogP contribution in [0.4, 0.5) is 0 Å². The highest BCUT2D eigenvalue weighted by Crippen LogP contribution is 2.24. The van der Waals surface area contributed by atoms with Crippen molar-refractivity contribution in [3.8, 4) is 5.69 Å². The van der Waals surface area contributed by atoms with Gasteiger partial charge in [0.25, 0.3) is 0 Å². The molecule has 0 unspecified atom stereocenters. The predicted molar refractivity (Wildman–Crippen MR) is 89.7 cm³/mol. The first-order valence-electron chi connectivity index (χ1n) is 7.09. The van der Waals surface area contributed by atoms with Crippen LogP contribution in [-0.2, 0) is 12.2 Å². The summed E-state index contributed by atoms with van der Waals surface area (Å²) in [7, 11) is 0. The molecule has 1 aromatic carbocycles. The molecule has 0 atom stereocenters. The molecule has 0 bridgehead atoms. The summed E-state index contributed by atoms with van der Waals surface area (Å²) in [4.78, 5) is 4.58. The largest absolute Gasteiger partial charge is 0.245 e. The van der Waals surface area contributed by atoms with E-state index in [1.54, 1.807) is 27.8 Å². The van der Waals surface area contributed by atoms with Crippen molar-refractivity contribution >= 4 is 23.1 Å². The summed E-state index contributed by atoms with van der Waals surface area (Å²) >= 11 is 3.31. The molecule has 2 aromatic heterocycles. The molecule has 0 N–H and O–H groups in total. The van der Waals surface area contributed by atoms with E-state index in [0.29, 0.717) is 0 Å². The van der Waals surface area contributed by atoms with Crippen molar-refractivity contribution in [2.24, 2.45) is 0 Å². The Morgan fingerprint density at radius 1 is 1.23 bits per heavy atom. The molecule has 0 amide bonds. The minimum absolute atomic E-state index is 0.779. The normalized spacial score (nSPS) is 11.0. The van der Waals surface area contributed by atoms with E-state index in [-0.39, 0.29) is 0 Å². The minimum Gasteiger partial charge on any atom is -0.245 e. The molecule has 2 heterocycles. The zero-order chi connectivity index (χ0) is 15.5. The van der Waals surface area contributed by atoms with E-state index in [2.05, 4.69) is 58.8 Å². The topological polar surface area (TPSA) is 56.5 Å². The Labute approximate surface area is 137 Å². The first-order chi connectivity index (χ1) is 10.7. The Morgan fingerprint density at radius 3 is 2.82 bits per heavy atom. The van der Waals surface area contributed by atoms with Gasteiger partial charge in [0.15, 0.2) is 0 Å². The third-order valence-corrected chi connectivity index (χ3v) is 5.42. The average Bonchev–Trinajstić information content (AvgIpc) is 3.16. The van der Waals surface area contributed by atoms with Crippen LogP contribution in [0.1, 0.15) is 28.8 Å². The number of thiazole rings is 1. The average molecular weight is 331 g/mol. The fourth-order valence-corrected chi connectivity index (χ4v) is 3.64. The van der Waals surface area contributed by atoms with Crippen LogP contribution >= 0.6 is 23.1 Å². The number of thioether (sulfide) groups is 1. The van der Waals surface area contributed by atoms with Crippen LogP contribution in [0.15, 0.2) is 28.7 Å². The van der Waals surface area contributed by atoms with Gasteiger partial charge in [0.2, 0.25) is 5.16 Å². The third-order valence-electron chi connectivity index (χ3n) is 3.43. The number of nitrogens with zero attached hydrogens (tertiary/aromatic N) is 5. The molecular weight excluding hydrogens is 314 g/mol. The second-order valence-corrected chi connectivity index (χ2v) is 6.90. The molecule has 22 heavy (non-hydrogen) atoms. The number of tetrazole rings is 1. The van der Waals surface area contributed by atoms with E-state index in [1.165, 1.54) is 16.1 Å². The van der Waals surface area contributed by atoms with Gasteiger partial charge in [-0.3, -0.25) is 0 Å². The molecular formula is C15H17N5S2. The Kier molecular flexibility index (Phi) is 4.54. The number of rotatable bonds is 5. The lowest BCUT2D eigenvalue weighted by Crippen LogP contribution is -2.00. The number of aromatic nitrogens is 5. The first-order valence-corrected chi connectivity index (χ1v) is 8.96. The van der Waals surface area contributed by atoms with Crippen molar-refractivity contribution in [2.45, 2.75) is 38.1 Å². The summed E-state index contributed by atoms with van der Waals surface area (Å²) in [5, 5.41) is 16.1. The summed E-state index contributed by atoms with van der Waals surface area (Å²) in [6.45, 7) is 6.31. The van der Waals surface area contributed by atoms with Gasteiger partial charge >= 0.3 is 0 Å². The SMILES string of the molecule is CCc1nc(CSc2nnnn2-c2ccc(C)c(C)c2)cs1. The van der Waals surface area contributed by atoms with Crippen molar-refractivity contribution < 1.29 is 0 Å². The van der Waals surface area contributed by atoms with Gasteiger partial charge in [0.1, 0.15) is 0 Å². The third kappa shape index (κ3) is 3.20. The van der Waals surface area contributed by atoms with Crippen LogP contribution in [0.3, 0.4) is 0 Å². The predicted octanol–water partition coefficient (Wildman–Crippen LogP) is 3.59. The summed E-state index contributed by atoms with van der Waals surface area (Å²) in [6, 6.07) is 6.24. The van der Waals surface area contributed by atoms with Crippen molar-refractivity contribution in [3.05, 3.63) is 45.4 Å². The molecule has 7 heteroatoms. The van der Waals surface area contributed by atoms with Crippen LogP contribution in [0.25, 0.3) is 5.69 Å². The molecule has 0 radical (unpaired) electrons. The maximum absolute atomic E-state index is 4.58. The molecule has 3 aromatic rings. The Bertz CT molecular complexity index is 778. The first kappa shape index (κ1) is 15.2. The van der Waals surface area contributed by atoms with Crippen molar-refractivity contribution in [3.63, 3.8) is 0 Å². The fourth-order valence-electron chi connectivity index (χ4n) is 2.00. The monoisotopic (exact) mass is 331 g/mol. The Hall–Kier alpha value is -1.73. The summed E-state index contributed by atoms with van der Waals surface area (Å²) in [5.41, 5.74) is 4.57. The highest BCUT2D eigenvalue weighted by Gasteiger charge is 2.11. The molecule has 0 spiro atoms. The highest BCUT2D eigenvalue weighted by molar-refractivity contribution is 7.98. The van der Waals surface area contributed by atoms with Crippen LogP contribution < -0.4 is 0 Å². The molecule has 0 fully saturated rings. The van der Waals surface area contributed by atoms with Crippen molar-refractivity contribution in [2.75, 3.05) is 0 Å². The van der Waals surface area contributed by atoms with Gasteiger partial charge < -0.3 is 0 Å². The summed E-state index contributed by atoms with van der Waals surface area (Å²) < 4.78 is 1.78. The number of hydrogen-bond acceptors (Lipinski definition) is 6. The lowest BCUT2D eigenvalue weighted by molar-refractivity contribution is 0.755. The van der Waals surface area contributed by atoms with E-state index >= 15 is 0 Å². The molecule has 0 aliphatic rings. The van der Waals surface area contributed by atoms with Gasteiger partial charge in [-0.25, -0.2) is 4.98 Å². The van der Waals surface area contributed by atoms with Crippen LogP contribution in [-0.4, -0.2) is 25.2 Å². The second-order valence-electron chi connectivity index (χ2n) is 5.02. The zero-order valence-corrected chi connectivity index (χ0v) is 14.4. The molecule has 0 saturated carbocycles. The van der Waals surface area contributed by atoms with Gasteiger partial charge in [-0.15, -0.1) is 16.4 Å². The van der Waals surface area contributed by atoms with E-state index in [4.69, 9.17) is 0 Å². The van der Waals surface area contributed by atoms with Gasteiger partial charge in [-0.1, -0.05) is 24.8 Å². The second kappa shape index (κ2) is 6.58. The van der Waals surface area contributed by atoms with E-state index < -0.39 is 0 Å². The summed E-state index contributed by atoms with van der Waals surface area (Å²) in [5.74, 6) is 0.779. The maximum Gasteiger partial charge on any atom is 0.214 e. The molecule has 114 valence electrons. The van der Waals surface area contributed by atoms with Gasteiger partial charge in [-0.2, -0.15) is 4.68 Å². The molecule has 0 aliphatic heterocycles. The maximum atomic E-state index is 4.58. The standard InChI is InChI=1S/C15H17N5S2/c1-4-14-16-12(8-21-14)9-22-15-17-18-19-20(15)13-6-5-10(2)11(3)7-13/h5-8H,4,9H2,1-3H3. The quantitative estimate of drug-likeness (QED) is 0.669. The molecule has 5 nitrogen and oxygen atoms in total. The molecule has 3 rings (SSSR count). The molecule has 0 aliphatic carbocycles. The van der Waals surface area contributed by atoms with Gasteiger partial charge in [0.05, 0.1) is 16.4 Å². The van der Waals surface area contributed by atoms with E-state index in [1.807, 2.05) is 6.07 Å². The van der Waals surface area contributed by atoms with Crippen molar-refractivity contribution in [1.82, 2.24) is 25.2 Å². The smallest absolute Gasteiger partial charge is 0.214 e. The number of benzene rings is 1. The van der Waals surface area contributed by atoms with E-state index in [0.717, 1.165) is 28.7 Å². The minimum atomic E-state index is 0.779. The lowest BCUT2D eigenvalue weighted by Gasteiger charge is -2.06.